The van der Waals surface area contributed by atoms with Gasteiger partial charge in [-0.1, -0.05) is 26.2 Å². The maximum absolute atomic E-state index is 8.79. The van der Waals surface area contributed by atoms with E-state index in [0.717, 1.165) is 11.7 Å². The third-order valence-corrected chi connectivity index (χ3v) is 4.13. The second-order valence-corrected chi connectivity index (χ2v) is 5.15. The van der Waals surface area contributed by atoms with Crippen molar-refractivity contribution in [3.63, 3.8) is 0 Å². The highest BCUT2D eigenvalue weighted by atomic mass is 15.2. The highest BCUT2D eigenvalue weighted by molar-refractivity contribution is 5.42. The molecule has 1 aromatic rings. The first kappa shape index (κ1) is 12.9. The van der Waals surface area contributed by atoms with Gasteiger partial charge in [-0.05, 0) is 30.9 Å². The molecule has 0 bridgehead atoms. The maximum atomic E-state index is 8.79. The van der Waals surface area contributed by atoms with Crippen LogP contribution >= 0.6 is 0 Å². The minimum atomic E-state index is 0.601. The molecule has 3 heteroatoms. The first-order valence-corrected chi connectivity index (χ1v) is 6.85. The first-order chi connectivity index (χ1) is 8.76. The summed E-state index contributed by atoms with van der Waals surface area (Å²) in [4.78, 5) is 6.70. The Labute approximate surface area is 109 Å². The van der Waals surface area contributed by atoms with Crippen LogP contribution < -0.4 is 4.90 Å². The number of hydrogen-bond donors (Lipinski definition) is 0. The summed E-state index contributed by atoms with van der Waals surface area (Å²) in [5, 5.41) is 8.79. The molecule has 1 fully saturated rings. The minimum Gasteiger partial charge on any atom is -0.356 e. The molecular weight excluding hydrogens is 222 g/mol. The number of rotatable bonds is 3. The van der Waals surface area contributed by atoms with Crippen molar-refractivity contribution >= 4 is 5.82 Å². The fourth-order valence-corrected chi connectivity index (χ4v) is 3.00. The molecule has 0 spiro atoms. The van der Waals surface area contributed by atoms with E-state index in [2.05, 4.69) is 29.9 Å². The average Bonchev–Trinajstić information content (AvgIpc) is 2.46. The Balaban J connectivity index is 2.13. The van der Waals surface area contributed by atoms with E-state index >= 15 is 0 Å². The Bertz CT molecular complexity index is 418. The normalized spacial score (nSPS) is 23.4. The van der Waals surface area contributed by atoms with E-state index in [-0.39, 0.29) is 0 Å². The molecule has 0 aromatic carbocycles. The van der Waals surface area contributed by atoms with Gasteiger partial charge in [0.2, 0.25) is 0 Å². The van der Waals surface area contributed by atoms with Gasteiger partial charge in [0.25, 0.3) is 0 Å². The van der Waals surface area contributed by atoms with E-state index < -0.39 is 0 Å². The molecule has 1 aliphatic rings. The van der Waals surface area contributed by atoms with Crippen LogP contribution in [-0.2, 0) is 0 Å². The molecule has 1 aliphatic carbocycles. The minimum absolute atomic E-state index is 0.601. The molecule has 2 rings (SSSR count). The van der Waals surface area contributed by atoms with Crippen molar-refractivity contribution in [3.8, 4) is 6.07 Å². The molecule has 3 nitrogen and oxygen atoms in total. The van der Waals surface area contributed by atoms with Gasteiger partial charge in [0.15, 0.2) is 0 Å². The lowest BCUT2D eigenvalue weighted by Gasteiger charge is -2.38. The second kappa shape index (κ2) is 5.86. The summed E-state index contributed by atoms with van der Waals surface area (Å²) in [7, 11) is 2.13. The predicted octanol–water partition coefficient (Wildman–Crippen LogP) is 3.36. The van der Waals surface area contributed by atoms with Crippen LogP contribution in [0.5, 0.6) is 0 Å². The molecule has 0 saturated heterocycles. The number of nitriles is 1. The van der Waals surface area contributed by atoms with Crippen molar-refractivity contribution in [1.29, 1.82) is 5.26 Å². The molecule has 18 heavy (non-hydrogen) atoms. The van der Waals surface area contributed by atoms with E-state index in [1.54, 1.807) is 6.20 Å². The highest BCUT2D eigenvalue weighted by Crippen LogP contribution is 2.31. The second-order valence-electron chi connectivity index (χ2n) is 5.15. The zero-order chi connectivity index (χ0) is 13.0. The fraction of sp³-hybridized carbons (Fsp3) is 0.600. The summed E-state index contributed by atoms with van der Waals surface area (Å²) in [6.07, 6.45) is 8.19. The Morgan fingerprint density at radius 1 is 1.39 bits per heavy atom. The Hall–Kier alpha value is -1.56. The Kier molecular flexibility index (Phi) is 4.19. The molecule has 2 atom stereocenters. The van der Waals surface area contributed by atoms with Gasteiger partial charge in [-0.2, -0.15) is 5.26 Å². The average molecular weight is 243 g/mol. The smallest absolute Gasteiger partial charge is 0.128 e. The van der Waals surface area contributed by atoms with Crippen molar-refractivity contribution in [2.45, 2.75) is 45.1 Å². The maximum Gasteiger partial charge on any atom is 0.128 e. The van der Waals surface area contributed by atoms with Gasteiger partial charge in [-0.25, -0.2) is 4.98 Å². The SMILES string of the molecule is CC[C@@H]1CCCC[C@H]1N(C)c1ccc(C#N)cn1. The molecule has 0 aliphatic heterocycles. The number of aromatic nitrogens is 1. The van der Waals surface area contributed by atoms with Crippen LogP contribution in [-0.4, -0.2) is 18.1 Å². The molecule has 1 aromatic heterocycles. The van der Waals surface area contributed by atoms with E-state index in [4.69, 9.17) is 5.26 Å². The molecule has 1 heterocycles. The van der Waals surface area contributed by atoms with Crippen LogP contribution in [0.3, 0.4) is 0 Å². The lowest BCUT2D eigenvalue weighted by Crippen LogP contribution is -2.40. The number of anilines is 1. The zero-order valence-electron chi connectivity index (χ0n) is 11.3. The van der Waals surface area contributed by atoms with Crippen molar-refractivity contribution in [1.82, 2.24) is 4.98 Å². The topological polar surface area (TPSA) is 39.9 Å². The van der Waals surface area contributed by atoms with Gasteiger partial charge in [0.05, 0.1) is 5.56 Å². The van der Waals surface area contributed by atoms with Gasteiger partial charge in [0.1, 0.15) is 11.9 Å². The Morgan fingerprint density at radius 2 is 2.17 bits per heavy atom. The summed E-state index contributed by atoms with van der Waals surface area (Å²) in [5.74, 6) is 1.76. The fourth-order valence-electron chi connectivity index (χ4n) is 3.00. The zero-order valence-corrected chi connectivity index (χ0v) is 11.3. The molecule has 0 radical (unpaired) electrons. The highest BCUT2D eigenvalue weighted by Gasteiger charge is 2.27. The van der Waals surface area contributed by atoms with Crippen molar-refractivity contribution < 1.29 is 0 Å². The summed E-state index contributed by atoms with van der Waals surface area (Å²) >= 11 is 0. The van der Waals surface area contributed by atoms with Gasteiger partial charge < -0.3 is 4.90 Å². The summed E-state index contributed by atoms with van der Waals surface area (Å²) < 4.78 is 0. The summed E-state index contributed by atoms with van der Waals surface area (Å²) in [6, 6.07) is 6.52. The summed E-state index contributed by atoms with van der Waals surface area (Å²) in [6.45, 7) is 2.28. The standard InChI is InChI=1S/C15H21N3/c1-3-13-6-4-5-7-14(13)18(2)15-9-8-12(10-16)11-17-15/h8-9,11,13-14H,3-7H2,1-2H3/t13-,14-/m1/s1. The van der Waals surface area contributed by atoms with Crippen molar-refractivity contribution in [2.24, 2.45) is 5.92 Å². The monoisotopic (exact) mass is 243 g/mol. The van der Waals surface area contributed by atoms with E-state index in [9.17, 15) is 0 Å². The van der Waals surface area contributed by atoms with Gasteiger partial charge >= 0.3 is 0 Å². The molecule has 96 valence electrons. The number of nitrogens with zero attached hydrogens (tertiary/aromatic N) is 3. The lowest BCUT2D eigenvalue weighted by atomic mass is 9.82. The number of pyridine rings is 1. The third-order valence-electron chi connectivity index (χ3n) is 4.13. The summed E-state index contributed by atoms with van der Waals surface area (Å²) in [5.41, 5.74) is 0.628. The van der Waals surface area contributed by atoms with Crippen LogP contribution in [0.4, 0.5) is 5.82 Å². The molecular formula is C15H21N3. The largest absolute Gasteiger partial charge is 0.356 e. The van der Waals surface area contributed by atoms with Crippen LogP contribution in [0.2, 0.25) is 0 Å². The van der Waals surface area contributed by atoms with Crippen LogP contribution in [0.15, 0.2) is 18.3 Å². The van der Waals surface area contributed by atoms with Crippen molar-refractivity contribution in [2.75, 3.05) is 11.9 Å². The van der Waals surface area contributed by atoms with Crippen LogP contribution in [0.1, 0.15) is 44.6 Å². The van der Waals surface area contributed by atoms with Gasteiger partial charge in [-0.3, -0.25) is 0 Å². The van der Waals surface area contributed by atoms with Crippen LogP contribution in [0, 0.1) is 17.2 Å². The van der Waals surface area contributed by atoms with E-state index in [1.165, 1.54) is 32.1 Å². The quantitative estimate of drug-likeness (QED) is 0.817. The molecule has 0 N–H and O–H groups in total. The third kappa shape index (κ3) is 2.64. The number of hydrogen-bond acceptors (Lipinski definition) is 3. The Morgan fingerprint density at radius 3 is 2.78 bits per heavy atom. The van der Waals surface area contributed by atoms with E-state index in [0.29, 0.717) is 11.6 Å². The molecule has 0 unspecified atom stereocenters. The van der Waals surface area contributed by atoms with Gasteiger partial charge in [0, 0.05) is 19.3 Å². The first-order valence-electron chi connectivity index (χ1n) is 6.85. The van der Waals surface area contributed by atoms with E-state index in [1.807, 2.05) is 12.1 Å². The van der Waals surface area contributed by atoms with Crippen molar-refractivity contribution in [3.05, 3.63) is 23.9 Å². The lowest BCUT2D eigenvalue weighted by molar-refractivity contribution is 0.291. The predicted molar refractivity (Wildman–Crippen MR) is 73.4 cm³/mol. The van der Waals surface area contributed by atoms with Crippen LogP contribution in [0.25, 0.3) is 0 Å². The van der Waals surface area contributed by atoms with Gasteiger partial charge in [-0.15, -0.1) is 0 Å². The molecule has 1 saturated carbocycles. The molecule has 0 amide bonds.